The molecule has 136 valence electrons. The van der Waals surface area contributed by atoms with Crippen molar-refractivity contribution in [1.29, 1.82) is 5.26 Å². The number of fused-ring (bicyclic) bond motifs is 1. The Hall–Kier alpha value is -3.21. The van der Waals surface area contributed by atoms with Crippen molar-refractivity contribution in [2.24, 2.45) is 0 Å². The van der Waals surface area contributed by atoms with Crippen LogP contribution >= 0.6 is 23.4 Å². The molecule has 8 heteroatoms. The van der Waals surface area contributed by atoms with E-state index in [4.69, 9.17) is 11.6 Å². The van der Waals surface area contributed by atoms with Gasteiger partial charge in [0.25, 0.3) is 0 Å². The third kappa shape index (κ3) is 3.48. The molecule has 0 bridgehead atoms. The first-order chi connectivity index (χ1) is 13.7. The summed E-state index contributed by atoms with van der Waals surface area (Å²) in [5, 5.41) is 20.8. The summed E-state index contributed by atoms with van der Waals surface area (Å²) in [6, 6.07) is 13.0. The van der Waals surface area contributed by atoms with Crippen molar-refractivity contribution < 1.29 is 0 Å². The summed E-state index contributed by atoms with van der Waals surface area (Å²) in [4.78, 5) is 8.68. The summed E-state index contributed by atoms with van der Waals surface area (Å²) in [5.41, 5.74) is 2.13. The molecule has 3 heterocycles. The lowest BCUT2D eigenvalue weighted by Gasteiger charge is -2.08. The van der Waals surface area contributed by atoms with E-state index >= 15 is 0 Å². The van der Waals surface area contributed by atoms with E-state index in [-0.39, 0.29) is 0 Å². The number of hydrogen-bond acceptors (Lipinski definition) is 6. The molecule has 4 rings (SSSR count). The zero-order valence-corrected chi connectivity index (χ0v) is 16.2. The summed E-state index contributed by atoms with van der Waals surface area (Å²) >= 11 is 7.40. The summed E-state index contributed by atoms with van der Waals surface area (Å²) < 4.78 is 1.95. The van der Waals surface area contributed by atoms with Crippen molar-refractivity contribution in [1.82, 2.24) is 24.7 Å². The Morgan fingerprint density at radius 1 is 1.18 bits per heavy atom. The highest BCUT2D eigenvalue weighted by Gasteiger charge is 2.16. The molecule has 3 aromatic heterocycles. The van der Waals surface area contributed by atoms with Gasteiger partial charge in [0.2, 0.25) is 0 Å². The standard InChI is InChI=1S/C20H13ClN6S/c1-2-9-27-19(13-5-7-23-8-6-13)25-26-20(27)28-18-10-14(12-22)16-11-15(21)3-4-17(16)24-18/h2-8,10-11H,1,9H2. The summed E-state index contributed by atoms with van der Waals surface area (Å²) in [6.45, 7) is 4.37. The van der Waals surface area contributed by atoms with Crippen LogP contribution in [0.3, 0.4) is 0 Å². The number of benzene rings is 1. The average Bonchev–Trinajstić information content (AvgIpc) is 3.11. The van der Waals surface area contributed by atoms with Gasteiger partial charge in [-0.1, -0.05) is 17.7 Å². The number of aromatic nitrogens is 5. The molecule has 28 heavy (non-hydrogen) atoms. The molecule has 0 spiro atoms. The van der Waals surface area contributed by atoms with Crippen molar-refractivity contribution in [3.8, 4) is 17.5 Å². The van der Waals surface area contributed by atoms with E-state index < -0.39 is 0 Å². The molecule has 0 aliphatic rings. The van der Waals surface area contributed by atoms with E-state index in [2.05, 4.69) is 32.8 Å². The Bertz CT molecular complexity index is 1210. The fraction of sp³-hybridized carbons (Fsp3) is 0.0500. The second-order valence-electron chi connectivity index (χ2n) is 5.82. The SMILES string of the molecule is C=CCn1c(Sc2cc(C#N)c3cc(Cl)ccc3n2)nnc1-c1ccncc1. The fourth-order valence-electron chi connectivity index (χ4n) is 2.78. The van der Waals surface area contributed by atoms with Crippen LogP contribution in [0.15, 0.2) is 71.6 Å². The van der Waals surface area contributed by atoms with Gasteiger partial charge < -0.3 is 0 Å². The monoisotopic (exact) mass is 404 g/mol. The molecular formula is C20H13ClN6S. The number of nitriles is 1. The lowest BCUT2D eigenvalue weighted by Crippen LogP contribution is -2.01. The van der Waals surface area contributed by atoms with E-state index in [0.717, 1.165) is 16.8 Å². The van der Waals surface area contributed by atoms with Gasteiger partial charge in [0.15, 0.2) is 11.0 Å². The zero-order chi connectivity index (χ0) is 19.5. The quantitative estimate of drug-likeness (QED) is 0.446. The van der Waals surface area contributed by atoms with Gasteiger partial charge in [-0.2, -0.15) is 5.26 Å². The van der Waals surface area contributed by atoms with E-state index in [1.807, 2.05) is 16.7 Å². The maximum absolute atomic E-state index is 9.53. The Morgan fingerprint density at radius 3 is 2.75 bits per heavy atom. The Labute approximate surface area is 170 Å². The van der Waals surface area contributed by atoms with Crippen molar-refractivity contribution >= 4 is 34.3 Å². The molecule has 0 amide bonds. The molecule has 4 aromatic rings. The lowest BCUT2D eigenvalue weighted by atomic mass is 10.1. The molecule has 0 atom stereocenters. The molecule has 0 saturated heterocycles. The van der Waals surface area contributed by atoms with Gasteiger partial charge in [0, 0.05) is 34.9 Å². The molecule has 0 aliphatic carbocycles. The number of allylic oxidation sites excluding steroid dienone is 1. The van der Waals surface area contributed by atoms with Crippen LogP contribution < -0.4 is 0 Å². The molecule has 1 aromatic carbocycles. The molecule has 0 radical (unpaired) electrons. The number of rotatable bonds is 5. The van der Waals surface area contributed by atoms with Gasteiger partial charge in [0.05, 0.1) is 17.1 Å². The first kappa shape index (κ1) is 18.2. The maximum Gasteiger partial charge on any atom is 0.198 e. The first-order valence-electron chi connectivity index (χ1n) is 8.32. The van der Waals surface area contributed by atoms with Crippen molar-refractivity contribution in [3.05, 3.63) is 72.0 Å². The van der Waals surface area contributed by atoms with E-state index in [0.29, 0.717) is 32.8 Å². The van der Waals surface area contributed by atoms with Crippen LogP contribution in [0.1, 0.15) is 5.56 Å². The van der Waals surface area contributed by atoms with Crippen LogP contribution in [0.4, 0.5) is 0 Å². The van der Waals surface area contributed by atoms with Crippen LogP contribution in [0, 0.1) is 11.3 Å². The van der Waals surface area contributed by atoms with Gasteiger partial charge >= 0.3 is 0 Å². The van der Waals surface area contributed by atoms with Crippen LogP contribution in [0.25, 0.3) is 22.3 Å². The largest absolute Gasteiger partial charge is 0.298 e. The number of nitrogens with zero attached hydrogens (tertiary/aromatic N) is 6. The zero-order valence-electron chi connectivity index (χ0n) is 14.6. The number of halogens is 1. The van der Waals surface area contributed by atoms with Gasteiger partial charge in [0.1, 0.15) is 5.03 Å². The molecular weight excluding hydrogens is 392 g/mol. The highest BCUT2D eigenvalue weighted by Crippen LogP contribution is 2.31. The van der Waals surface area contributed by atoms with Crippen molar-refractivity contribution in [2.75, 3.05) is 0 Å². The van der Waals surface area contributed by atoms with Crippen molar-refractivity contribution in [2.45, 2.75) is 16.7 Å². The molecule has 0 fully saturated rings. The van der Waals surface area contributed by atoms with Crippen LogP contribution in [-0.2, 0) is 6.54 Å². The number of pyridine rings is 2. The van der Waals surface area contributed by atoms with E-state index in [1.165, 1.54) is 11.8 Å². The Kier molecular flexibility index (Phi) is 5.06. The van der Waals surface area contributed by atoms with Crippen molar-refractivity contribution in [3.63, 3.8) is 0 Å². The minimum Gasteiger partial charge on any atom is -0.298 e. The second-order valence-corrected chi connectivity index (χ2v) is 7.25. The molecule has 0 N–H and O–H groups in total. The fourth-order valence-corrected chi connectivity index (χ4v) is 3.82. The first-order valence-corrected chi connectivity index (χ1v) is 9.52. The van der Waals surface area contributed by atoms with Crippen LogP contribution in [0.5, 0.6) is 0 Å². The van der Waals surface area contributed by atoms with Gasteiger partial charge in [-0.15, -0.1) is 16.8 Å². The van der Waals surface area contributed by atoms with Gasteiger partial charge in [-0.05, 0) is 48.2 Å². The normalized spacial score (nSPS) is 10.7. The molecule has 0 saturated carbocycles. The van der Waals surface area contributed by atoms with Crippen LogP contribution in [-0.4, -0.2) is 24.7 Å². The third-order valence-corrected chi connectivity index (χ3v) is 5.17. The second kappa shape index (κ2) is 7.80. The number of hydrogen-bond donors (Lipinski definition) is 0. The maximum atomic E-state index is 9.53. The van der Waals surface area contributed by atoms with Crippen LogP contribution in [0.2, 0.25) is 5.02 Å². The molecule has 0 unspecified atom stereocenters. The minimum absolute atomic E-state index is 0.513. The summed E-state index contributed by atoms with van der Waals surface area (Å²) in [6.07, 6.45) is 5.21. The average molecular weight is 405 g/mol. The predicted molar refractivity (Wildman–Crippen MR) is 109 cm³/mol. The third-order valence-electron chi connectivity index (χ3n) is 4.03. The smallest absolute Gasteiger partial charge is 0.198 e. The Morgan fingerprint density at radius 2 is 2.00 bits per heavy atom. The highest BCUT2D eigenvalue weighted by molar-refractivity contribution is 7.99. The molecule has 0 aliphatic heterocycles. The highest BCUT2D eigenvalue weighted by atomic mass is 35.5. The molecule has 6 nitrogen and oxygen atoms in total. The minimum atomic E-state index is 0.513. The van der Waals surface area contributed by atoms with E-state index in [1.54, 1.807) is 42.7 Å². The lowest BCUT2D eigenvalue weighted by molar-refractivity contribution is 0.730. The Balaban J connectivity index is 1.77. The summed E-state index contributed by atoms with van der Waals surface area (Å²) in [5.74, 6) is 0.720. The summed E-state index contributed by atoms with van der Waals surface area (Å²) in [7, 11) is 0. The topological polar surface area (TPSA) is 80.3 Å². The van der Waals surface area contributed by atoms with E-state index in [9.17, 15) is 5.26 Å². The van der Waals surface area contributed by atoms with Gasteiger partial charge in [-0.25, -0.2) is 4.98 Å². The van der Waals surface area contributed by atoms with Gasteiger partial charge in [-0.3, -0.25) is 9.55 Å². The predicted octanol–water partition coefficient (Wildman–Crippen LogP) is 4.75.